The van der Waals surface area contributed by atoms with Crippen LogP contribution in [0.15, 0.2) is 57.8 Å². The maximum atomic E-state index is 12.5. The Morgan fingerprint density at radius 1 is 1.03 bits per heavy atom. The highest BCUT2D eigenvalue weighted by Gasteiger charge is 2.23. The van der Waals surface area contributed by atoms with Gasteiger partial charge in [0.1, 0.15) is 0 Å². The number of benzene rings is 2. The van der Waals surface area contributed by atoms with Crippen LogP contribution in [0, 0.1) is 6.92 Å². The average molecular weight is 444 g/mol. The summed E-state index contributed by atoms with van der Waals surface area (Å²) in [6.45, 7) is 8.85. The second-order valence-corrected chi connectivity index (χ2v) is 9.92. The normalized spacial score (nSPS) is 13.1. The van der Waals surface area contributed by atoms with Crippen LogP contribution >= 0.6 is 0 Å². The van der Waals surface area contributed by atoms with E-state index < -0.39 is 27.6 Å². The van der Waals surface area contributed by atoms with Crippen LogP contribution < -0.4 is 4.72 Å². The zero-order valence-electron chi connectivity index (χ0n) is 18.0. The number of carbonyl (C=O) groups is 1. The van der Waals surface area contributed by atoms with Crippen molar-refractivity contribution in [2.24, 2.45) is 0 Å². The SMILES string of the molecule is Cc1ccc(-c2nnc(C(C)OC(=O)c3ccc(S(=O)(=O)NC(C)(C)C)cc3)o2)cc1. The molecule has 3 aromatic rings. The van der Waals surface area contributed by atoms with Gasteiger partial charge in [0, 0.05) is 11.1 Å². The van der Waals surface area contributed by atoms with Crippen LogP contribution in [-0.4, -0.2) is 30.1 Å². The molecule has 2 aromatic carbocycles. The number of aryl methyl sites for hydroxylation is 1. The molecular formula is C22H25N3O5S. The van der Waals surface area contributed by atoms with E-state index in [2.05, 4.69) is 14.9 Å². The molecule has 0 radical (unpaired) electrons. The van der Waals surface area contributed by atoms with E-state index in [1.54, 1.807) is 27.7 Å². The van der Waals surface area contributed by atoms with Crippen molar-refractivity contribution in [2.45, 2.75) is 51.2 Å². The Bertz CT molecular complexity index is 1160. The predicted octanol–water partition coefficient (Wildman–Crippen LogP) is 4.04. The predicted molar refractivity (Wildman–Crippen MR) is 115 cm³/mol. The zero-order chi connectivity index (χ0) is 22.8. The number of sulfonamides is 1. The Hall–Kier alpha value is -3.04. The Balaban J connectivity index is 1.68. The lowest BCUT2D eigenvalue weighted by molar-refractivity contribution is 0.0279. The third-order valence-electron chi connectivity index (χ3n) is 4.21. The molecule has 0 saturated carbocycles. The molecule has 0 fully saturated rings. The molecule has 1 N–H and O–H groups in total. The van der Waals surface area contributed by atoms with Crippen molar-refractivity contribution in [2.75, 3.05) is 0 Å². The summed E-state index contributed by atoms with van der Waals surface area (Å²) in [5.74, 6) is -0.133. The average Bonchev–Trinajstić information content (AvgIpc) is 3.17. The number of esters is 1. The molecule has 0 amide bonds. The minimum absolute atomic E-state index is 0.0617. The van der Waals surface area contributed by atoms with Crippen LogP contribution in [0.5, 0.6) is 0 Å². The van der Waals surface area contributed by atoms with Crippen LogP contribution in [-0.2, 0) is 14.8 Å². The fourth-order valence-electron chi connectivity index (χ4n) is 2.72. The Kier molecular flexibility index (Phi) is 6.28. The topological polar surface area (TPSA) is 111 Å². The van der Waals surface area contributed by atoms with Gasteiger partial charge >= 0.3 is 5.97 Å². The van der Waals surface area contributed by atoms with Crippen molar-refractivity contribution in [3.63, 3.8) is 0 Å². The molecule has 1 aromatic heterocycles. The van der Waals surface area contributed by atoms with E-state index in [-0.39, 0.29) is 16.3 Å². The van der Waals surface area contributed by atoms with Crippen molar-refractivity contribution < 1.29 is 22.4 Å². The largest absolute Gasteiger partial charge is 0.449 e. The number of carbonyl (C=O) groups excluding carboxylic acids is 1. The van der Waals surface area contributed by atoms with Crippen molar-refractivity contribution in [1.29, 1.82) is 0 Å². The Morgan fingerprint density at radius 3 is 2.23 bits per heavy atom. The number of rotatable bonds is 6. The van der Waals surface area contributed by atoms with Gasteiger partial charge in [-0.15, -0.1) is 10.2 Å². The van der Waals surface area contributed by atoms with E-state index in [0.717, 1.165) is 11.1 Å². The van der Waals surface area contributed by atoms with E-state index in [9.17, 15) is 13.2 Å². The lowest BCUT2D eigenvalue weighted by atomic mass is 10.1. The molecule has 0 aliphatic rings. The molecule has 1 heterocycles. The summed E-state index contributed by atoms with van der Waals surface area (Å²) in [6, 6.07) is 13.1. The molecule has 0 aliphatic carbocycles. The summed E-state index contributed by atoms with van der Waals surface area (Å²) in [5.41, 5.74) is 1.47. The van der Waals surface area contributed by atoms with Crippen molar-refractivity contribution in [3.05, 3.63) is 65.5 Å². The maximum Gasteiger partial charge on any atom is 0.338 e. The van der Waals surface area contributed by atoms with Gasteiger partial charge in [0.25, 0.3) is 5.89 Å². The highest BCUT2D eigenvalue weighted by Crippen LogP contribution is 2.24. The molecule has 1 unspecified atom stereocenters. The summed E-state index contributed by atoms with van der Waals surface area (Å²) in [4.78, 5) is 12.5. The summed E-state index contributed by atoms with van der Waals surface area (Å²) in [6.07, 6.45) is -0.773. The lowest BCUT2D eigenvalue weighted by Gasteiger charge is -2.20. The van der Waals surface area contributed by atoms with Gasteiger partial charge in [-0.1, -0.05) is 17.7 Å². The molecule has 8 nitrogen and oxygen atoms in total. The quantitative estimate of drug-likeness (QED) is 0.572. The fourth-order valence-corrected chi connectivity index (χ4v) is 4.14. The van der Waals surface area contributed by atoms with Crippen LogP contribution in [0.25, 0.3) is 11.5 Å². The standard InChI is InChI=1S/C22H25N3O5S/c1-14-6-8-16(9-7-14)20-24-23-19(30-20)15(2)29-21(26)17-10-12-18(13-11-17)31(27,28)25-22(3,4)5/h6-13,15,25H,1-5H3. The van der Waals surface area contributed by atoms with Gasteiger partial charge in [-0.25, -0.2) is 17.9 Å². The monoisotopic (exact) mass is 443 g/mol. The molecule has 1 atom stereocenters. The number of aromatic nitrogens is 2. The van der Waals surface area contributed by atoms with Gasteiger partial charge in [-0.3, -0.25) is 0 Å². The van der Waals surface area contributed by atoms with Gasteiger partial charge in [0.05, 0.1) is 10.5 Å². The van der Waals surface area contributed by atoms with Crippen LogP contribution in [0.3, 0.4) is 0 Å². The number of hydrogen-bond acceptors (Lipinski definition) is 7. The van der Waals surface area contributed by atoms with Gasteiger partial charge in [0.15, 0.2) is 6.10 Å². The van der Waals surface area contributed by atoms with Gasteiger partial charge in [0.2, 0.25) is 15.9 Å². The van der Waals surface area contributed by atoms with Crippen LogP contribution in [0.1, 0.15) is 55.6 Å². The van der Waals surface area contributed by atoms with E-state index >= 15 is 0 Å². The summed E-state index contributed by atoms with van der Waals surface area (Å²) in [5, 5.41) is 7.96. The van der Waals surface area contributed by atoms with Crippen molar-refractivity contribution in [1.82, 2.24) is 14.9 Å². The van der Waals surface area contributed by atoms with E-state index in [1.807, 2.05) is 31.2 Å². The third kappa shape index (κ3) is 5.77. The molecule has 0 spiro atoms. The second-order valence-electron chi connectivity index (χ2n) is 8.24. The van der Waals surface area contributed by atoms with Gasteiger partial charge in [-0.2, -0.15) is 0 Å². The first-order valence-corrected chi connectivity index (χ1v) is 11.2. The minimum atomic E-state index is -3.69. The molecule has 0 bridgehead atoms. The van der Waals surface area contributed by atoms with E-state index in [0.29, 0.717) is 5.89 Å². The first-order chi connectivity index (χ1) is 14.4. The van der Waals surface area contributed by atoms with Crippen molar-refractivity contribution >= 4 is 16.0 Å². The minimum Gasteiger partial charge on any atom is -0.449 e. The van der Waals surface area contributed by atoms with Gasteiger partial charge < -0.3 is 9.15 Å². The number of nitrogens with one attached hydrogen (secondary N) is 1. The molecule has 9 heteroatoms. The van der Waals surface area contributed by atoms with Crippen molar-refractivity contribution in [3.8, 4) is 11.5 Å². The summed E-state index contributed by atoms with van der Waals surface area (Å²) in [7, 11) is -3.69. The number of hydrogen-bond donors (Lipinski definition) is 1. The molecule has 0 aliphatic heterocycles. The van der Waals surface area contributed by atoms with Crippen LogP contribution in [0.2, 0.25) is 0 Å². The summed E-state index contributed by atoms with van der Waals surface area (Å²) < 4.78 is 38.3. The highest BCUT2D eigenvalue weighted by atomic mass is 32.2. The molecule has 164 valence electrons. The summed E-state index contributed by atoms with van der Waals surface area (Å²) >= 11 is 0. The zero-order valence-corrected chi connectivity index (χ0v) is 18.9. The Labute approximate surface area is 181 Å². The molecule has 0 saturated heterocycles. The van der Waals surface area contributed by atoms with E-state index in [4.69, 9.17) is 9.15 Å². The third-order valence-corrected chi connectivity index (χ3v) is 5.99. The molecular weight excluding hydrogens is 418 g/mol. The highest BCUT2D eigenvalue weighted by molar-refractivity contribution is 7.89. The molecule has 31 heavy (non-hydrogen) atoms. The number of nitrogens with zero attached hydrogens (tertiary/aromatic N) is 2. The van der Waals surface area contributed by atoms with Crippen LogP contribution in [0.4, 0.5) is 0 Å². The molecule has 3 rings (SSSR count). The smallest absolute Gasteiger partial charge is 0.338 e. The first-order valence-electron chi connectivity index (χ1n) is 9.70. The lowest BCUT2D eigenvalue weighted by Crippen LogP contribution is -2.40. The first kappa shape index (κ1) is 22.6. The van der Waals surface area contributed by atoms with E-state index in [1.165, 1.54) is 24.3 Å². The number of ether oxygens (including phenoxy) is 1. The Morgan fingerprint density at radius 2 is 1.65 bits per heavy atom. The maximum absolute atomic E-state index is 12.5. The second kappa shape index (κ2) is 8.60. The van der Waals surface area contributed by atoms with Gasteiger partial charge in [-0.05, 0) is 71.0 Å². The fraction of sp³-hybridized carbons (Fsp3) is 0.318.